The smallest absolute Gasteiger partial charge is 0.410 e. The summed E-state index contributed by atoms with van der Waals surface area (Å²) in [6.45, 7) is 6.98. The van der Waals surface area contributed by atoms with Crippen LogP contribution in [-0.4, -0.2) is 35.7 Å². The minimum atomic E-state index is -0.459. The molecule has 0 bridgehead atoms. The van der Waals surface area contributed by atoms with Gasteiger partial charge in [-0.05, 0) is 44.9 Å². The minimum absolute atomic E-state index is 0.231. The Hall–Kier alpha value is -2.22. The lowest BCUT2D eigenvalue weighted by molar-refractivity contribution is 0.0293. The van der Waals surface area contributed by atoms with E-state index < -0.39 is 5.60 Å². The van der Waals surface area contributed by atoms with E-state index in [0.29, 0.717) is 19.5 Å². The van der Waals surface area contributed by atoms with Gasteiger partial charge in [-0.15, -0.1) is 0 Å². The molecule has 1 unspecified atom stereocenters. The third-order valence-corrected chi connectivity index (χ3v) is 3.45. The molecule has 0 aliphatic carbocycles. The number of nitriles is 1. The zero-order valence-electron chi connectivity index (χ0n) is 13.4. The van der Waals surface area contributed by atoms with Crippen molar-refractivity contribution >= 4 is 11.8 Å². The predicted octanol–water partition coefficient (Wildman–Crippen LogP) is 3.17. The number of carbonyl (C=O) groups excluding carboxylic acids is 1. The molecule has 1 amide bonds. The Morgan fingerprint density at radius 1 is 1.41 bits per heavy atom. The molecule has 1 atom stereocenters. The lowest BCUT2D eigenvalue weighted by atomic mass is 10.1. The molecule has 0 spiro atoms. The van der Waals surface area contributed by atoms with Gasteiger partial charge < -0.3 is 15.0 Å². The summed E-state index contributed by atoms with van der Waals surface area (Å²) in [5.41, 5.74) is 1.56. The molecule has 22 heavy (non-hydrogen) atoms. The molecule has 0 aromatic heterocycles. The van der Waals surface area contributed by atoms with E-state index in [1.807, 2.05) is 45.0 Å². The molecule has 1 fully saturated rings. The first kappa shape index (κ1) is 16.2. The highest BCUT2D eigenvalue weighted by atomic mass is 16.6. The summed E-state index contributed by atoms with van der Waals surface area (Å²) < 4.78 is 5.39. The summed E-state index contributed by atoms with van der Waals surface area (Å²) in [6, 6.07) is 10.2. The number of anilines is 1. The van der Waals surface area contributed by atoms with Gasteiger partial charge in [-0.25, -0.2) is 4.79 Å². The zero-order chi connectivity index (χ0) is 16.2. The van der Waals surface area contributed by atoms with Crippen molar-refractivity contribution in [2.75, 3.05) is 18.4 Å². The van der Waals surface area contributed by atoms with Crippen molar-refractivity contribution in [2.45, 2.75) is 45.3 Å². The summed E-state index contributed by atoms with van der Waals surface area (Å²) >= 11 is 0. The van der Waals surface area contributed by atoms with E-state index in [9.17, 15) is 4.79 Å². The van der Waals surface area contributed by atoms with Crippen molar-refractivity contribution in [1.82, 2.24) is 4.90 Å². The topological polar surface area (TPSA) is 65.4 Å². The van der Waals surface area contributed by atoms with Crippen LogP contribution in [0.15, 0.2) is 24.3 Å². The Bertz CT molecular complexity index is 555. The third kappa shape index (κ3) is 4.66. The minimum Gasteiger partial charge on any atom is -0.444 e. The summed E-state index contributed by atoms with van der Waals surface area (Å²) in [7, 11) is 0. The second-order valence-electron chi connectivity index (χ2n) is 6.59. The Kier molecular flexibility index (Phi) is 4.92. The highest BCUT2D eigenvalue weighted by Gasteiger charge is 2.29. The second-order valence-corrected chi connectivity index (χ2v) is 6.59. The molecule has 1 aliphatic heterocycles. The second kappa shape index (κ2) is 6.69. The summed E-state index contributed by atoms with van der Waals surface area (Å²) in [4.78, 5) is 13.8. The number of amides is 1. The van der Waals surface area contributed by atoms with Crippen LogP contribution in [0.3, 0.4) is 0 Å². The van der Waals surface area contributed by atoms with Crippen molar-refractivity contribution in [3.63, 3.8) is 0 Å². The van der Waals surface area contributed by atoms with Crippen LogP contribution < -0.4 is 5.32 Å². The predicted molar refractivity (Wildman–Crippen MR) is 85.6 cm³/mol. The van der Waals surface area contributed by atoms with Crippen molar-refractivity contribution in [3.05, 3.63) is 29.8 Å². The molecule has 2 rings (SSSR count). The Morgan fingerprint density at radius 3 is 2.68 bits per heavy atom. The molecule has 1 aromatic rings. The van der Waals surface area contributed by atoms with Gasteiger partial charge >= 0.3 is 6.09 Å². The van der Waals surface area contributed by atoms with Crippen molar-refractivity contribution < 1.29 is 9.53 Å². The maximum absolute atomic E-state index is 12.0. The van der Waals surface area contributed by atoms with Gasteiger partial charge in [0.15, 0.2) is 0 Å². The number of hydrogen-bond donors (Lipinski definition) is 1. The highest BCUT2D eigenvalue weighted by molar-refractivity contribution is 5.68. The molecule has 1 saturated heterocycles. The van der Waals surface area contributed by atoms with Crippen LogP contribution in [0.25, 0.3) is 0 Å². The lowest BCUT2D eigenvalue weighted by Gasteiger charge is -2.24. The third-order valence-electron chi connectivity index (χ3n) is 3.45. The van der Waals surface area contributed by atoms with E-state index >= 15 is 0 Å². The van der Waals surface area contributed by atoms with Gasteiger partial charge in [0.1, 0.15) is 5.60 Å². The number of likely N-dealkylation sites (tertiary alicyclic amines) is 1. The van der Waals surface area contributed by atoms with Crippen LogP contribution in [0.4, 0.5) is 10.5 Å². The summed E-state index contributed by atoms with van der Waals surface area (Å²) in [5.74, 6) is 0. The average molecular weight is 301 g/mol. The van der Waals surface area contributed by atoms with Crippen LogP contribution in [0.2, 0.25) is 0 Å². The van der Waals surface area contributed by atoms with E-state index in [-0.39, 0.29) is 12.1 Å². The number of ether oxygens (including phenoxy) is 1. The Balaban J connectivity index is 1.86. The summed E-state index contributed by atoms with van der Waals surface area (Å²) in [5, 5.41) is 12.1. The summed E-state index contributed by atoms with van der Waals surface area (Å²) in [6.07, 6.45) is 1.08. The molecule has 118 valence electrons. The first-order chi connectivity index (χ1) is 10.4. The van der Waals surface area contributed by atoms with Crippen LogP contribution in [0.1, 0.15) is 32.8 Å². The van der Waals surface area contributed by atoms with Gasteiger partial charge in [0, 0.05) is 24.8 Å². The van der Waals surface area contributed by atoms with Crippen LogP contribution >= 0.6 is 0 Å². The van der Waals surface area contributed by atoms with Gasteiger partial charge in [0.2, 0.25) is 0 Å². The normalized spacial score (nSPS) is 17.9. The quantitative estimate of drug-likeness (QED) is 0.931. The molecule has 1 aromatic carbocycles. The fourth-order valence-electron chi connectivity index (χ4n) is 2.42. The van der Waals surface area contributed by atoms with E-state index in [1.165, 1.54) is 0 Å². The fourth-order valence-corrected chi connectivity index (χ4v) is 2.42. The van der Waals surface area contributed by atoms with Crippen molar-refractivity contribution in [2.24, 2.45) is 0 Å². The lowest BCUT2D eigenvalue weighted by Crippen LogP contribution is -2.36. The van der Waals surface area contributed by atoms with E-state index in [1.54, 1.807) is 4.90 Å². The molecule has 1 aliphatic rings. The van der Waals surface area contributed by atoms with Crippen LogP contribution in [-0.2, 0) is 11.2 Å². The number of nitrogens with one attached hydrogen (secondary N) is 1. The average Bonchev–Trinajstić information content (AvgIpc) is 2.88. The fraction of sp³-hybridized carbons (Fsp3) is 0.529. The number of carbonyl (C=O) groups is 1. The van der Waals surface area contributed by atoms with Gasteiger partial charge in [-0.2, -0.15) is 5.26 Å². The van der Waals surface area contributed by atoms with Crippen molar-refractivity contribution in [1.29, 1.82) is 5.26 Å². The van der Waals surface area contributed by atoms with Crippen molar-refractivity contribution in [3.8, 4) is 6.07 Å². The van der Waals surface area contributed by atoms with Gasteiger partial charge in [0.05, 0.1) is 12.5 Å². The first-order valence-corrected chi connectivity index (χ1v) is 7.58. The van der Waals surface area contributed by atoms with E-state index in [2.05, 4.69) is 11.4 Å². The Labute approximate surface area is 131 Å². The SMILES string of the molecule is CC(C)(C)OC(=O)N1CCC(Nc2ccc(CC#N)cc2)C1. The van der Waals surface area contributed by atoms with Crippen LogP contribution in [0, 0.1) is 11.3 Å². The van der Waals surface area contributed by atoms with Gasteiger partial charge in [-0.3, -0.25) is 0 Å². The van der Waals surface area contributed by atoms with Gasteiger partial charge in [0.25, 0.3) is 0 Å². The van der Waals surface area contributed by atoms with E-state index in [4.69, 9.17) is 10.00 Å². The monoisotopic (exact) mass is 301 g/mol. The highest BCUT2D eigenvalue weighted by Crippen LogP contribution is 2.19. The molecular weight excluding hydrogens is 278 g/mol. The molecule has 0 saturated carbocycles. The Morgan fingerprint density at radius 2 is 2.09 bits per heavy atom. The zero-order valence-corrected chi connectivity index (χ0v) is 13.4. The standard InChI is InChI=1S/C17H23N3O2/c1-17(2,3)22-16(21)20-11-9-15(12-20)19-14-6-4-13(5-7-14)8-10-18/h4-7,15,19H,8-9,11-12H2,1-3H3. The molecule has 5 nitrogen and oxygen atoms in total. The number of hydrogen-bond acceptors (Lipinski definition) is 4. The molecule has 5 heteroatoms. The molecule has 1 N–H and O–H groups in total. The van der Waals surface area contributed by atoms with E-state index in [0.717, 1.165) is 17.7 Å². The maximum atomic E-state index is 12.0. The maximum Gasteiger partial charge on any atom is 0.410 e. The molecule has 1 heterocycles. The first-order valence-electron chi connectivity index (χ1n) is 7.58. The number of nitrogens with zero attached hydrogens (tertiary/aromatic N) is 2. The number of benzene rings is 1. The number of rotatable bonds is 3. The van der Waals surface area contributed by atoms with Crippen LogP contribution in [0.5, 0.6) is 0 Å². The largest absolute Gasteiger partial charge is 0.444 e. The molecule has 0 radical (unpaired) electrons. The molecular formula is C17H23N3O2. The van der Waals surface area contributed by atoms with Gasteiger partial charge in [-0.1, -0.05) is 12.1 Å².